The molecule has 0 radical (unpaired) electrons. The lowest BCUT2D eigenvalue weighted by atomic mass is 9.93. The molecule has 21 heavy (non-hydrogen) atoms. The van der Waals surface area contributed by atoms with Gasteiger partial charge in [-0.2, -0.15) is 5.10 Å². The van der Waals surface area contributed by atoms with Crippen LogP contribution in [0.15, 0.2) is 6.20 Å². The predicted molar refractivity (Wildman–Crippen MR) is 82.4 cm³/mol. The number of nitrogens with zero attached hydrogens (tertiary/aromatic N) is 3. The fraction of sp³-hybridized carbons (Fsp3) is 0.750. The number of likely N-dealkylation sites (tertiary alicyclic amines) is 1. The van der Waals surface area contributed by atoms with Gasteiger partial charge in [-0.3, -0.25) is 9.48 Å². The highest BCUT2D eigenvalue weighted by Crippen LogP contribution is 2.41. The van der Waals surface area contributed by atoms with Gasteiger partial charge in [0, 0.05) is 26.1 Å². The van der Waals surface area contributed by atoms with E-state index in [4.69, 9.17) is 0 Å². The molecule has 1 aromatic rings. The number of hydrogen-bond donors (Lipinski definition) is 1. The van der Waals surface area contributed by atoms with Crippen LogP contribution in [0, 0.1) is 5.92 Å². The van der Waals surface area contributed by atoms with Gasteiger partial charge in [-0.05, 0) is 51.6 Å². The molecule has 2 heterocycles. The normalized spacial score (nSPS) is 20.0. The monoisotopic (exact) mass is 290 g/mol. The van der Waals surface area contributed by atoms with E-state index in [1.165, 1.54) is 19.3 Å². The minimum atomic E-state index is 0.192. The lowest BCUT2D eigenvalue weighted by Gasteiger charge is -2.32. The van der Waals surface area contributed by atoms with Crippen LogP contribution in [0.4, 0.5) is 0 Å². The molecule has 1 aliphatic heterocycles. The highest BCUT2D eigenvalue weighted by molar-refractivity contribution is 5.95. The molecule has 0 spiro atoms. The molecule has 1 amide bonds. The number of carbonyl (C=O) groups excluding carboxylic acids is 1. The average Bonchev–Trinajstić information content (AvgIpc) is 3.27. The SMILES string of the molecule is CNCCC1CCN(C(=O)c2cnn(C)c2C2CC2)CC1. The van der Waals surface area contributed by atoms with Crippen LogP contribution < -0.4 is 5.32 Å². The number of amides is 1. The first-order valence-corrected chi connectivity index (χ1v) is 8.16. The van der Waals surface area contributed by atoms with Crippen LogP contribution in [0.25, 0.3) is 0 Å². The quantitative estimate of drug-likeness (QED) is 0.899. The zero-order valence-electron chi connectivity index (χ0n) is 13.1. The molecular weight excluding hydrogens is 264 g/mol. The van der Waals surface area contributed by atoms with E-state index in [2.05, 4.69) is 10.4 Å². The van der Waals surface area contributed by atoms with Crippen molar-refractivity contribution in [3.05, 3.63) is 17.5 Å². The maximum Gasteiger partial charge on any atom is 0.257 e. The largest absolute Gasteiger partial charge is 0.339 e. The summed E-state index contributed by atoms with van der Waals surface area (Å²) in [5.74, 6) is 1.51. The van der Waals surface area contributed by atoms with Crippen molar-refractivity contribution in [3.8, 4) is 0 Å². The summed E-state index contributed by atoms with van der Waals surface area (Å²) in [4.78, 5) is 14.8. The molecular formula is C16H26N4O. The summed E-state index contributed by atoms with van der Waals surface area (Å²) in [5.41, 5.74) is 1.99. The van der Waals surface area contributed by atoms with E-state index in [-0.39, 0.29) is 5.91 Å². The summed E-state index contributed by atoms with van der Waals surface area (Å²) in [6.45, 7) is 2.87. The van der Waals surface area contributed by atoms with Gasteiger partial charge in [0.2, 0.25) is 0 Å². The Bertz CT molecular complexity index is 498. The Balaban J connectivity index is 1.62. The molecule has 5 nitrogen and oxygen atoms in total. The molecule has 1 aromatic heterocycles. The van der Waals surface area contributed by atoms with Gasteiger partial charge in [0.25, 0.3) is 5.91 Å². The maximum atomic E-state index is 12.7. The van der Waals surface area contributed by atoms with Crippen molar-refractivity contribution in [1.82, 2.24) is 20.0 Å². The van der Waals surface area contributed by atoms with Crippen LogP contribution in [0.2, 0.25) is 0 Å². The van der Waals surface area contributed by atoms with Gasteiger partial charge < -0.3 is 10.2 Å². The molecule has 1 N–H and O–H groups in total. The molecule has 3 rings (SSSR count). The Morgan fingerprint density at radius 2 is 2.05 bits per heavy atom. The van der Waals surface area contributed by atoms with Crippen molar-refractivity contribution < 1.29 is 4.79 Å². The third-order valence-corrected chi connectivity index (χ3v) is 4.88. The Hall–Kier alpha value is -1.36. The molecule has 1 saturated carbocycles. The fourth-order valence-electron chi connectivity index (χ4n) is 3.40. The Morgan fingerprint density at radius 1 is 1.33 bits per heavy atom. The second kappa shape index (κ2) is 6.18. The molecule has 0 atom stereocenters. The molecule has 1 saturated heterocycles. The molecule has 0 bridgehead atoms. The van der Waals surface area contributed by atoms with Crippen molar-refractivity contribution in [2.45, 2.75) is 38.0 Å². The Labute approximate surface area is 126 Å². The minimum Gasteiger partial charge on any atom is -0.339 e. The molecule has 2 aliphatic rings. The number of hydrogen-bond acceptors (Lipinski definition) is 3. The number of carbonyl (C=O) groups is 1. The van der Waals surface area contributed by atoms with Gasteiger partial charge in [0.15, 0.2) is 0 Å². The topological polar surface area (TPSA) is 50.2 Å². The van der Waals surface area contributed by atoms with E-state index >= 15 is 0 Å². The third kappa shape index (κ3) is 3.12. The highest BCUT2D eigenvalue weighted by atomic mass is 16.2. The first-order chi connectivity index (χ1) is 10.2. The van der Waals surface area contributed by atoms with E-state index in [0.717, 1.165) is 49.7 Å². The van der Waals surface area contributed by atoms with Crippen molar-refractivity contribution in [2.75, 3.05) is 26.7 Å². The first kappa shape index (κ1) is 14.6. The fourth-order valence-corrected chi connectivity index (χ4v) is 3.40. The number of rotatable bonds is 5. The predicted octanol–water partition coefficient (Wildman–Crippen LogP) is 1.76. The van der Waals surface area contributed by atoms with Gasteiger partial charge in [-0.1, -0.05) is 0 Å². The molecule has 5 heteroatoms. The van der Waals surface area contributed by atoms with Crippen molar-refractivity contribution in [3.63, 3.8) is 0 Å². The second-order valence-electron chi connectivity index (χ2n) is 6.47. The Kier molecular flexibility index (Phi) is 4.29. The smallest absolute Gasteiger partial charge is 0.257 e. The average molecular weight is 290 g/mol. The number of nitrogens with one attached hydrogen (secondary N) is 1. The summed E-state index contributed by atoms with van der Waals surface area (Å²) in [6, 6.07) is 0. The summed E-state index contributed by atoms with van der Waals surface area (Å²) in [7, 11) is 3.95. The summed E-state index contributed by atoms with van der Waals surface area (Å²) < 4.78 is 1.89. The molecule has 2 fully saturated rings. The zero-order valence-corrected chi connectivity index (χ0v) is 13.1. The van der Waals surface area contributed by atoms with Gasteiger partial charge in [0.1, 0.15) is 0 Å². The van der Waals surface area contributed by atoms with Gasteiger partial charge >= 0.3 is 0 Å². The van der Waals surface area contributed by atoms with E-state index in [1.54, 1.807) is 6.20 Å². The van der Waals surface area contributed by atoms with Crippen molar-refractivity contribution in [2.24, 2.45) is 13.0 Å². The molecule has 1 aliphatic carbocycles. The lowest BCUT2D eigenvalue weighted by Crippen LogP contribution is -2.39. The van der Waals surface area contributed by atoms with Crippen LogP contribution in [0.3, 0.4) is 0 Å². The zero-order chi connectivity index (χ0) is 14.8. The molecule has 0 aromatic carbocycles. The van der Waals surface area contributed by atoms with Crippen molar-refractivity contribution in [1.29, 1.82) is 0 Å². The van der Waals surface area contributed by atoms with Gasteiger partial charge in [-0.25, -0.2) is 0 Å². The van der Waals surface area contributed by atoms with Gasteiger partial charge in [0.05, 0.1) is 17.5 Å². The van der Waals surface area contributed by atoms with Crippen LogP contribution in [0.1, 0.15) is 54.1 Å². The molecule has 0 unspecified atom stereocenters. The third-order valence-electron chi connectivity index (χ3n) is 4.88. The van der Waals surface area contributed by atoms with Gasteiger partial charge in [-0.15, -0.1) is 0 Å². The number of aryl methyl sites for hydroxylation is 1. The van der Waals surface area contributed by atoms with Crippen LogP contribution in [-0.2, 0) is 7.05 Å². The summed E-state index contributed by atoms with van der Waals surface area (Å²) >= 11 is 0. The molecule has 116 valence electrons. The van der Waals surface area contributed by atoms with E-state index < -0.39 is 0 Å². The number of aromatic nitrogens is 2. The van der Waals surface area contributed by atoms with E-state index in [9.17, 15) is 4.79 Å². The minimum absolute atomic E-state index is 0.192. The highest BCUT2D eigenvalue weighted by Gasteiger charge is 2.33. The van der Waals surface area contributed by atoms with E-state index in [0.29, 0.717) is 5.92 Å². The van der Waals surface area contributed by atoms with Crippen molar-refractivity contribution >= 4 is 5.91 Å². The summed E-state index contributed by atoms with van der Waals surface area (Å²) in [5, 5.41) is 7.52. The first-order valence-electron chi connectivity index (χ1n) is 8.16. The summed E-state index contributed by atoms with van der Waals surface area (Å²) in [6.07, 6.45) is 7.65. The lowest BCUT2D eigenvalue weighted by molar-refractivity contribution is 0.0686. The van der Waals surface area contributed by atoms with Crippen LogP contribution >= 0.6 is 0 Å². The maximum absolute atomic E-state index is 12.7. The second-order valence-corrected chi connectivity index (χ2v) is 6.47. The van der Waals surface area contributed by atoms with Crippen LogP contribution in [-0.4, -0.2) is 47.3 Å². The van der Waals surface area contributed by atoms with E-state index in [1.807, 2.05) is 23.7 Å². The number of piperidine rings is 1. The standard InChI is InChI=1S/C16H26N4O/c1-17-8-5-12-6-9-20(10-7-12)16(21)14-11-18-19(2)15(14)13-3-4-13/h11-13,17H,3-10H2,1-2H3. The Morgan fingerprint density at radius 3 is 2.67 bits per heavy atom. The van der Waals surface area contributed by atoms with Crippen LogP contribution in [0.5, 0.6) is 0 Å².